The lowest BCUT2D eigenvalue weighted by Crippen LogP contribution is -2.05. The third-order valence-corrected chi connectivity index (χ3v) is 4.40. The van der Waals surface area contributed by atoms with Crippen LogP contribution in [-0.4, -0.2) is 5.88 Å². The van der Waals surface area contributed by atoms with E-state index in [1.807, 2.05) is 24.3 Å². The van der Waals surface area contributed by atoms with Crippen LogP contribution in [0, 0.1) is 5.82 Å². The van der Waals surface area contributed by atoms with Crippen LogP contribution in [0.15, 0.2) is 46.9 Å². The number of benzene rings is 2. The van der Waals surface area contributed by atoms with Gasteiger partial charge in [0, 0.05) is 21.3 Å². The van der Waals surface area contributed by atoms with E-state index in [0.717, 1.165) is 15.6 Å². The lowest BCUT2D eigenvalue weighted by Gasteiger charge is -2.15. The Labute approximate surface area is 130 Å². The first-order chi connectivity index (χ1) is 9.10. The van der Waals surface area contributed by atoms with Gasteiger partial charge in [0.15, 0.2) is 0 Å². The van der Waals surface area contributed by atoms with Gasteiger partial charge in [-0.2, -0.15) is 0 Å². The average Bonchev–Trinajstić information content (AvgIpc) is 2.41. The molecule has 0 N–H and O–H groups in total. The van der Waals surface area contributed by atoms with Gasteiger partial charge in [-0.25, -0.2) is 4.39 Å². The predicted octanol–water partition coefficient (Wildman–Crippen LogP) is 5.81. The zero-order valence-electron chi connectivity index (χ0n) is 10.0. The highest BCUT2D eigenvalue weighted by atomic mass is 79.9. The molecule has 2 aromatic carbocycles. The number of hydrogen-bond donors (Lipinski definition) is 0. The van der Waals surface area contributed by atoms with Crippen molar-refractivity contribution in [1.29, 1.82) is 0 Å². The van der Waals surface area contributed by atoms with E-state index in [0.29, 0.717) is 17.3 Å². The second-order valence-corrected chi connectivity index (χ2v) is 5.94. The van der Waals surface area contributed by atoms with Crippen molar-refractivity contribution in [1.82, 2.24) is 0 Å². The van der Waals surface area contributed by atoms with Crippen LogP contribution < -0.4 is 0 Å². The molecule has 2 aromatic rings. The summed E-state index contributed by atoms with van der Waals surface area (Å²) in [6.07, 6.45) is 0.684. The minimum Gasteiger partial charge on any atom is -0.207 e. The average molecular weight is 362 g/mol. The summed E-state index contributed by atoms with van der Waals surface area (Å²) in [6.45, 7) is 0. The topological polar surface area (TPSA) is 0 Å². The van der Waals surface area contributed by atoms with Crippen molar-refractivity contribution in [3.05, 3.63) is 68.9 Å². The van der Waals surface area contributed by atoms with Crippen molar-refractivity contribution in [2.24, 2.45) is 0 Å². The summed E-state index contributed by atoms with van der Waals surface area (Å²) in [4.78, 5) is 0. The van der Waals surface area contributed by atoms with E-state index >= 15 is 0 Å². The van der Waals surface area contributed by atoms with Gasteiger partial charge in [-0.1, -0.05) is 39.7 Å². The second kappa shape index (κ2) is 6.74. The molecule has 0 spiro atoms. The van der Waals surface area contributed by atoms with Crippen LogP contribution in [0.4, 0.5) is 4.39 Å². The molecule has 1 unspecified atom stereocenters. The van der Waals surface area contributed by atoms with Crippen molar-refractivity contribution in [2.75, 3.05) is 5.88 Å². The van der Waals surface area contributed by atoms with Crippen molar-refractivity contribution < 1.29 is 4.39 Å². The Morgan fingerprint density at radius 3 is 2.42 bits per heavy atom. The van der Waals surface area contributed by atoms with Crippen LogP contribution in [0.2, 0.25) is 5.02 Å². The molecule has 0 bridgehead atoms. The van der Waals surface area contributed by atoms with Gasteiger partial charge in [0.05, 0.1) is 0 Å². The van der Waals surface area contributed by atoms with Gasteiger partial charge in [0.2, 0.25) is 0 Å². The minimum absolute atomic E-state index is 0.136. The highest BCUT2D eigenvalue weighted by Crippen LogP contribution is 2.28. The highest BCUT2D eigenvalue weighted by Gasteiger charge is 2.13. The van der Waals surface area contributed by atoms with E-state index < -0.39 is 0 Å². The van der Waals surface area contributed by atoms with Crippen molar-refractivity contribution in [2.45, 2.75) is 12.3 Å². The van der Waals surface area contributed by atoms with E-state index in [1.165, 1.54) is 6.07 Å². The summed E-state index contributed by atoms with van der Waals surface area (Å²) in [7, 11) is 0. The third kappa shape index (κ3) is 3.95. The van der Waals surface area contributed by atoms with Crippen molar-refractivity contribution >= 4 is 39.1 Å². The highest BCUT2D eigenvalue weighted by molar-refractivity contribution is 9.10. The Morgan fingerprint density at radius 1 is 1.11 bits per heavy atom. The largest absolute Gasteiger partial charge is 0.207 e. The van der Waals surface area contributed by atoms with Crippen molar-refractivity contribution in [3.8, 4) is 0 Å². The molecular formula is C15H12BrCl2F. The van der Waals surface area contributed by atoms with Gasteiger partial charge < -0.3 is 0 Å². The number of alkyl halides is 1. The summed E-state index contributed by atoms with van der Waals surface area (Å²) in [5.74, 6) is 0.379. The molecule has 19 heavy (non-hydrogen) atoms. The predicted molar refractivity (Wildman–Crippen MR) is 82.7 cm³/mol. The van der Waals surface area contributed by atoms with E-state index in [1.54, 1.807) is 12.1 Å². The summed E-state index contributed by atoms with van der Waals surface area (Å²) >= 11 is 15.4. The normalized spacial score (nSPS) is 12.4. The summed E-state index contributed by atoms with van der Waals surface area (Å²) in [5.41, 5.74) is 2.02. The van der Waals surface area contributed by atoms with E-state index in [2.05, 4.69) is 15.9 Å². The zero-order chi connectivity index (χ0) is 13.8. The maximum Gasteiger partial charge on any atom is 0.123 e. The lowest BCUT2D eigenvalue weighted by atomic mass is 9.93. The first-order valence-electron chi connectivity index (χ1n) is 5.85. The molecule has 100 valence electrons. The molecule has 0 saturated heterocycles. The molecular weight excluding hydrogens is 350 g/mol. The fraction of sp³-hybridized carbons (Fsp3) is 0.200. The van der Waals surface area contributed by atoms with Gasteiger partial charge in [-0.3, -0.25) is 0 Å². The molecule has 4 heteroatoms. The quantitative estimate of drug-likeness (QED) is 0.603. The molecule has 0 aliphatic rings. The van der Waals surface area contributed by atoms with Crippen LogP contribution in [0.5, 0.6) is 0 Å². The van der Waals surface area contributed by atoms with Gasteiger partial charge in [-0.15, -0.1) is 11.6 Å². The van der Waals surface area contributed by atoms with Gasteiger partial charge >= 0.3 is 0 Å². The smallest absolute Gasteiger partial charge is 0.123 e. The fourth-order valence-corrected chi connectivity index (χ4v) is 2.78. The lowest BCUT2D eigenvalue weighted by molar-refractivity contribution is 0.622. The molecule has 0 heterocycles. The van der Waals surface area contributed by atoms with E-state index in [-0.39, 0.29) is 11.7 Å². The summed E-state index contributed by atoms with van der Waals surface area (Å²) in [6, 6.07) is 12.3. The molecule has 0 aromatic heterocycles. The molecule has 0 fully saturated rings. The number of halogens is 4. The standard InChI is InChI=1S/C15H12BrCl2F/c16-15-6-5-14(19)8-11(15)7-12(9-17)10-1-3-13(18)4-2-10/h1-6,8,12H,7,9H2. The van der Waals surface area contributed by atoms with Crippen LogP contribution in [0.25, 0.3) is 0 Å². The Balaban J connectivity index is 2.23. The Kier molecular flexibility index (Phi) is 5.26. The Bertz CT molecular complexity index is 555. The zero-order valence-corrected chi connectivity index (χ0v) is 13.1. The van der Waals surface area contributed by atoms with E-state index in [9.17, 15) is 4.39 Å². The summed E-state index contributed by atoms with van der Waals surface area (Å²) < 4.78 is 14.2. The molecule has 2 rings (SSSR count). The first kappa shape index (κ1) is 14.8. The van der Waals surface area contributed by atoms with Gasteiger partial charge in [0.1, 0.15) is 5.82 Å². The molecule has 0 aliphatic carbocycles. The number of rotatable bonds is 4. The number of hydrogen-bond acceptors (Lipinski definition) is 0. The molecule has 1 atom stereocenters. The SMILES string of the molecule is Fc1ccc(Br)c(CC(CCl)c2ccc(Cl)cc2)c1. The second-order valence-electron chi connectivity index (χ2n) is 4.34. The van der Waals surface area contributed by atoms with E-state index in [4.69, 9.17) is 23.2 Å². The van der Waals surface area contributed by atoms with Gasteiger partial charge in [-0.05, 0) is 47.9 Å². The molecule has 0 aliphatic heterocycles. The minimum atomic E-state index is -0.234. The molecule has 0 nitrogen and oxygen atoms in total. The molecule has 0 amide bonds. The first-order valence-corrected chi connectivity index (χ1v) is 7.56. The molecule has 0 radical (unpaired) electrons. The third-order valence-electron chi connectivity index (χ3n) is 3.00. The van der Waals surface area contributed by atoms with Gasteiger partial charge in [0.25, 0.3) is 0 Å². The van der Waals surface area contributed by atoms with Crippen LogP contribution >= 0.6 is 39.1 Å². The maximum absolute atomic E-state index is 13.3. The van der Waals surface area contributed by atoms with Crippen molar-refractivity contribution in [3.63, 3.8) is 0 Å². The van der Waals surface area contributed by atoms with Crippen LogP contribution in [0.1, 0.15) is 17.0 Å². The monoisotopic (exact) mass is 360 g/mol. The van der Waals surface area contributed by atoms with Crippen LogP contribution in [-0.2, 0) is 6.42 Å². The summed E-state index contributed by atoms with van der Waals surface area (Å²) in [5, 5.41) is 0.698. The Hall–Kier alpha value is -0.570. The fourth-order valence-electron chi connectivity index (χ4n) is 1.96. The van der Waals surface area contributed by atoms with Crippen LogP contribution in [0.3, 0.4) is 0 Å². The Morgan fingerprint density at radius 2 is 1.79 bits per heavy atom. The maximum atomic E-state index is 13.3. The molecule has 0 saturated carbocycles.